The Labute approximate surface area is 399 Å². The van der Waals surface area contributed by atoms with E-state index in [0.29, 0.717) is 25.9 Å². The summed E-state index contributed by atoms with van der Waals surface area (Å²) in [6.07, 6.45) is 64.6. The van der Waals surface area contributed by atoms with E-state index in [9.17, 15) is 19.8 Å². The van der Waals surface area contributed by atoms with Crippen molar-refractivity contribution in [2.75, 3.05) is 13.2 Å². The Morgan fingerprint density at radius 2 is 0.766 bits per heavy atom. The molecule has 0 heterocycles. The van der Waals surface area contributed by atoms with Crippen molar-refractivity contribution in [3.63, 3.8) is 0 Å². The molecule has 0 rings (SSSR count). The molecule has 2 atom stereocenters. The van der Waals surface area contributed by atoms with Crippen LogP contribution in [-0.2, 0) is 14.3 Å². The predicted octanol–water partition coefficient (Wildman–Crippen LogP) is 17.5. The molecule has 0 aliphatic rings. The first-order chi connectivity index (χ1) is 31.5. The Kier molecular flexibility index (Phi) is 52.6. The number of hydrogen-bond donors (Lipinski definition) is 3. The average Bonchev–Trinajstić information content (AvgIpc) is 3.29. The van der Waals surface area contributed by atoms with E-state index in [4.69, 9.17) is 4.74 Å². The van der Waals surface area contributed by atoms with Crippen LogP contribution in [0.5, 0.6) is 0 Å². The summed E-state index contributed by atoms with van der Waals surface area (Å²) in [6.45, 7) is 4.91. The summed E-state index contributed by atoms with van der Waals surface area (Å²) in [4.78, 5) is 24.5. The molecular formula is C58H111NO5. The fraction of sp³-hybridized carbons (Fsp3) is 0.897. The van der Waals surface area contributed by atoms with E-state index in [0.717, 1.165) is 77.0 Å². The molecule has 6 nitrogen and oxygen atoms in total. The zero-order valence-corrected chi connectivity index (χ0v) is 43.0. The maximum Gasteiger partial charge on any atom is 0.305 e. The van der Waals surface area contributed by atoms with Gasteiger partial charge in [-0.3, -0.25) is 9.59 Å². The second-order valence-corrected chi connectivity index (χ2v) is 19.7. The van der Waals surface area contributed by atoms with Crippen LogP contribution in [0.1, 0.15) is 309 Å². The highest BCUT2D eigenvalue weighted by atomic mass is 16.5. The van der Waals surface area contributed by atoms with Crippen LogP contribution in [0.4, 0.5) is 0 Å². The van der Waals surface area contributed by atoms with E-state index < -0.39 is 12.1 Å². The van der Waals surface area contributed by atoms with Crippen molar-refractivity contribution in [1.82, 2.24) is 5.32 Å². The molecule has 0 aromatic rings. The number of carbonyl (C=O) groups is 2. The molecule has 0 saturated heterocycles. The molecule has 0 saturated carbocycles. The van der Waals surface area contributed by atoms with Gasteiger partial charge >= 0.3 is 5.97 Å². The van der Waals surface area contributed by atoms with Gasteiger partial charge in [0, 0.05) is 12.8 Å². The zero-order valence-electron chi connectivity index (χ0n) is 43.0. The topological polar surface area (TPSA) is 95.9 Å². The third-order valence-corrected chi connectivity index (χ3v) is 13.3. The minimum atomic E-state index is -0.677. The maximum absolute atomic E-state index is 12.4. The molecule has 0 bridgehead atoms. The van der Waals surface area contributed by atoms with E-state index in [1.54, 1.807) is 0 Å². The van der Waals surface area contributed by atoms with Crippen LogP contribution in [-0.4, -0.2) is 47.4 Å². The molecule has 64 heavy (non-hydrogen) atoms. The van der Waals surface area contributed by atoms with Crippen LogP contribution in [0.15, 0.2) is 24.3 Å². The molecule has 6 heteroatoms. The SMILES string of the molecule is CCCCCCCCCCCCCCCCCCCCCC(=O)OCCCCC/C=C\C=C/CCCCCCCCC(=O)NC(CO)C(O)CCCCCCCCCCCCCCC. The molecule has 378 valence electrons. The molecule has 2 unspecified atom stereocenters. The summed E-state index contributed by atoms with van der Waals surface area (Å²) in [6, 6.07) is -0.557. The van der Waals surface area contributed by atoms with Gasteiger partial charge in [-0.25, -0.2) is 0 Å². The molecular weight excluding hydrogens is 791 g/mol. The fourth-order valence-corrected chi connectivity index (χ4v) is 8.87. The summed E-state index contributed by atoms with van der Waals surface area (Å²) < 4.78 is 5.46. The Morgan fingerprint density at radius 3 is 1.16 bits per heavy atom. The van der Waals surface area contributed by atoms with Crippen molar-refractivity contribution in [2.24, 2.45) is 0 Å². The molecule has 0 aromatic heterocycles. The number of aliphatic hydroxyl groups excluding tert-OH is 2. The van der Waals surface area contributed by atoms with Crippen molar-refractivity contribution in [2.45, 2.75) is 321 Å². The molecule has 0 fully saturated rings. The highest BCUT2D eigenvalue weighted by Gasteiger charge is 2.20. The molecule has 0 aliphatic carbocycles. The first-order valence-corrected chi connectivity index (χ1v) is 28.6. The van der Waals surface area contributed by atoms with Gasteiger partial charge in [0.05, 0.1) is 25.4 Å². The third kappa shape index (κ3) is 49.8. The molecule has 0 aliphatic heterocycles. The number of nitrogens with one attached hydrogen (secondary N) is 1. The lowest BCUT2D eigenvalue weighted by Crippen LogP contribution is -2.45. The third-order valence-electron chi connectivity index (χ3n) is 13.3. The van der Waals surface area contributed by atoms with Crippen molar-refractivity contribution >= 4 is 11.9 Å². The van der Waals surface area contributed by atoms with Crippen molar-refractivity contribution in [3.05, 3.63) is 24.3 Å². The van der Waals surface area contributed by atoms with E-state index in [-0.39, 0.29) is 18.5 Å². The lowest BCUT2D eigenvalue weighted by molar-refractivity contribution is -0.143. The van der Waals surface area contributed by atoms with Crippen LogP contribution >= 0.6 is 0 Å². The molecule has 3 N–H and O–H groups in total. The number of ether oxygens (including phenoxy) is 1. The zero-order chi connectivity index (χ0) is 46.5. The Balaban J connectivity index is 3.48. The van der Waals surface area contributed by atoms with Gasteiger partial charge in [0.2, 0.25) is 5.91 Å². The van der Waals surface area contributed by atoms with E-state index >= 15 is 0 Å². The Bertz CT molecular complexity index is 997. The van der Waals surface area contributed by atoms with Crippen LogP contribution in [0.25, 0.3) is 0 Å². The van der Waals surface area contributed by atoms with Gasteiger partial charge in [0.25, 0.3) is 0 Å². The monoisotopic (exact) mass is 902 g/mol. The number of aliphatic hydroxyl groups is 2. The minimum Gasteiger partial charge on any atom is -0.466 e. The van der Waals surface area contributed by atoms with Gasteiger partial charge in [-0.15, -0.1) is 0 Å². The van der Waals surface area contributed by atoms with E-state index in [1.165, 1.54) is 199 Å². The van der Waals surface area contributed by atoms with Crippen LogP contribution in [0, 0.1) is 0 Å². The van der Waals surface area contributed by atoms with Crippen molar-refractivity contribution < 1.29 is 24.5 Å². The first-order valence-electron chi connectivity index (χ1n) is 28.6. The Morgan fingerprint density at radius 1 is 0.438 bits per heavy atom. The van der Waals surface area contributed by atoms with Gasteiger partial charge in [0.1, 0.15) is 0 Å². The number of esters is 1. The molecule has 1 amide bonds. The Hall–Kier alpha value is -1.66. The summed E-state index contributed by atoms with van der Waals surface area (Å²) in [5, 5.41) is 23.2. The quantitative estimate of drug-likeness (QED) is 0.0321. The number of allylic oxidation sites excluding steroid dienone is 4. The second-order valence-electron chi connectivity index (χ2n) is 19.7. The van der Waals surface area contributed by atoms with Crippen LogP contribution < -0.4 is 5.32 Å². The number of hydrogen-bond acceptors (Lipinski definition) is 5. The largest absolute Gasteiger partial charge is 0.466 e. The number of unbranched alkanes of at least 4 members (excludes halogenated alkanes) is 39. The maximum atomic E-state index is 12.4. The number of carbonyl (C=O) groups excluding carboxylic acids is 2. The smallest absolute Gasteiger partial charge is 0.305 e. The van der Waals surface area contributed by atoms with Gasteiger partial charge in [-0.2, -0.15) is 0 Å². The molecule has 0 aromatic carbocycles. The van der Waals surface area contributed by atoms with Crippen LogP contribution in [0.2, 0.25) is 0 Å². The summed E-state index contributed by atoms with van der Waals surface area (Å²) in [5.41, 5.74) is 0. The van der Waals surface area contributed by atoms with E-state index in [2.05, 4.69) is 43.5 Å². The summed E-state index contributed by atoms with van der Waals surface area (Å²) in [7, 11) is 0. The normalized spacial score (nSPS) is 12.8. The van der Waals surface area contributed by atoms with Crippen LogP contribution in [0.3, 0.4) is 0 Å². The van der Waals surface area contributed by atoms with Gasteiger partial charge < -0.3 is 20.3 Å². The highest BCUT2D eigenvalue weighted by Crippen LogP contribution is 2.17. The summed E-state index contributed by atoms with van der Waals surface area (Å²) in [5.74, 6) is -0.0736. The fourth-order valence-electron chi connectivity index (χ4n) is 8.87. The number of rotatable bonds is 53. The van der Waals surface area contributed by atoms with Gasteiger partial charge in [0.15, 0.2) is 0 Å². The highest BCUT2D eigenvalue weighted by molar-refractivity contribution is 5.76. The number of amides is 1. The predicted molar refractivity (Wildman–Crippen MR) is 278 cm³/mol. The van der Waals surface area contributed by atoms with Gasteiger partial charge in [-0.05, 0) is 57.8 Å². The molecule has 0 spiro atoms. The van der Waals surface area contributed by atoms with Gasteiger partial charge in [-0.1, -0.05) is 263 Å². The molecule has 0 radical (unpaired) electrons. The lowest BCUT2D eigenvalue weighted by atomic mass is 10.0. The minimum absolute atomic E-state index is 0.0168. The summed E-state index contributed by atoms with van der Waals surface area (Å²) >= 11 is 0. The standard InChI is InChI=1S/C58H111NO5/c1-3-5-7-9-11-13-15-17-18-19-20-21-24-28-32-36-40-44-48-52-58(63)64-53-49-45-41-37-33-29-25-22-23-27-31-35-39-43-47-51-57(62)59-55(54-60)56(61)50-46-42-38-34-30-26-16-14-12-10-8-6-4-2/h22,25,29,33,55-56,60-61H,3-21,23-24,26-28,30-32,34-54H2,1-2H3,(H,59,62)/b25-22-,33-29-. The second kappa shape index (κ2) is 54.0. The lowest BCUT2D eigenvalue weighted by Gasteiger charge is -2.22. The van der Waals surface area contributed by atoms with E-state index in [1.807, 2.05) is 0 Å². The van der Waals surface area contributed by atoms with Crippen molar-refractivity contribution in [1.29, 1.82) is 0 Å². The van der Waals surface area contributed by atoms with Crippen molar-refractivity contribution in [3.8, 4) is 0 Å². The average molecular weight is 903 g/mol. The first kappa shape index (κ1) is 62.3.